The number of aromatic nitrogens is 2. The number of para-hydroxylation sites is 2. The second kappa shape index (κ2) is 14.7. The number of fused-ring (bicyclic) bond motifs is 12. The lowest BCUT2D eigenvalue weighted by Gasteiger charge is -2.39. The van der Waals surface area contributed by atoms with Crippen molar-refractivity contribution in [2.24, 2.45) is 0 Å². The lowest BCUT2D eigenvalue weighted by atomic mass is 9.66. The SMILES string of the molecule is O=P(c1ccccc1)(c1ccccc1)c1ccc(-c2ccc(-c3nc(-c4cccc5c4-c4ccccc4C54c5ccccc5Oc5ccccc54)c4sc5ccccc5c4n3)cc2)cc1. The first-order chi connectivity index (χ1) is 32.1. The monoisotopic (exact) mass is 868 g/mol. The maximum Gasteiger partial charge on any atom is 0.171 e. The molecule has 4 nitrogen and oxygen atoms in total. The third-order valence-electron chi connectivity index (χ3n) is 13.3. The van der Waals surface area contributed by atoms with Crippen molar-refractivity contribution in [2.75, 3.05) is 0 Å². The van der Waals surface area contributed by atoms with E-state index in [1.165, 1.54) is 27.0 Å². The Morgan fingerprint density at radius 1 is 0.431 bits per heavy atom. The largest absolute Gasteiger partial charge is 0.457 e. The van der Waals surface area contributed by atoms with Crippen molar-refractivity contribution in [3.05, 3.63) is 247 Å². The number of benzene rings is 9. The van der Waals surface area contributed by atoms with E-state index in [4.69, 9.17) is 14.7 Å². The standard InChI is InChI=1S/C59H37N2O2PS/c62-64(41-16-3-1-4-17-41,42-18-5-2-6-19-42)43-36-34-39(35-37-43)38-30-32-40(33-31-38)58-60-55-45-21-8-14-29-53(45)65-57(55)56(61-58)46-22-15-26-50-54(46)44-20-7-9-23-47(44)59(50)48-24-10-12-27-51(48)63-52-28-13-11-25-49(52)59/h1-37H. The Kier molecular flexibility index (Phi) is 8.55. The van der Waals surface area contributed by atoms with E-state index in [2.05, 4.69) is 152 Å². The van der Waals surface area contributed by atoms with Crippen LogP contribution < -0.4 is 20.7 Å². The van der Waals surface area contributed by atoms with Gasteiger partial charge in [-0.15, -0.1) is 11.3 Å². The van der Waals surface area contributed by atoms with Crippen LogP contribution in [-0.2, 0) is 9.98 Å². The second-order valence-corrected chi connectivity index (χ2v) is 20.5. The smallest absolute Gasteiger partial charge is 0.171 e. The molecule has 0 atom stereocenters. The molecule has 6 heteroatoms. The highest BCUT2D eigenvalue weighted by molar-refractivity contribution is 7.85. The average molecular weight is 869 g/mol. The molecule has 306 valence electrons. The van der Waals surface area contributed by atoms with Gasteiger partial charge in [0.1, 0.15) is 11.5 Å². The van der Waals surface area contributed by atoms with Gasteiger partial charge < -0.3 is 9.30 Å². The molecule has 11 aromatic rings. The van der Waals surface area contributed by atoms with Crippen LogP contribution in [0.4, 0.5) is 0 Å². The lowest BCUT2D eigenvalue weighted by Crippen LogP contribution is -2.32. The highest BCUT2D eigenvalue weighted by Crippen LogP contribution is 2.63. The van der Waals surface area contributed by atoms with Gasteiger partial charge >= 0.3 is 0 Å². The molecular weight excluding hydrogens is 832 g/mol. The number of ether oxygens (including phenoxy) is 1. The summed E-state index contributed by atoms with van der Waals surface area (Å²) in [7, 11) is -3.08. The summed E-state index contributed by atoms with van der Waals surface area (Å²) in [5, 5.41) is 3.57. The zero-order valence-corrected chi connectivity index (χ0v) is 36.6. The number of hydrogen-bond acceptors (Lipinski definition) is 5. The van der Waals surface area contributed by atoms with E-state index in [-0.39, 0.29) is 0 Å². The summed E-state index contributed by atoms with van der Waals surface area (Å²) in [5.41, 5.74) is 12.5. The zero-order chi connectivity index (χ0) is 43.1. The van der Waals surface area contributed by atoms with Gasteiger partial charge in [0.15, 0.2) is 13.0 Å². The van der Waals surface area contributed by atoms with Crippen LogP contribution in [0, 0.1) is 0 Å². The molecule has 1 aliphatic carbocycles. The van der Waals surface area contributed by atoms with Gasteiger partial charge in [0, 0.05) is 48.3 Å². The summed E-state index contributed by atoms with van der Waals surface area (Å²) in [5.74, 6) is 2.41. The highest BCUT2D eigenvalue weighted by atomic mass is 32.1. The van der Waals surface area contributed by atoms with Crippen LogP contribution in [0.25, 0.3) is 65.2 Å². The summed E-state index contributed by atoms with van der Waals surface area (Å²) < 4.78 is 23.9. The fourth-order valence-corrected chi connectivity index (χ4v) is 14.2. The summed E-state index contributed by atoms with van der Waals surface area (Å²) >= 11 is 1.75. The zero-order valence-electron chi connectivity index (χ0n) is 34.9. The van der Waals surface area contributed by atoms with Crippen molar-refractivity contribution < 1.29 is 9.30 Å². The van der Waals surface area contributed by atoms with Gasteiger partial charge in [-0.1, -0.05) is 206 Å². The molecule has 2 aromatic heterocycles. The van der Waals surface area contributed by atoms with E-state index < -0.39 is 12.6 Å². The topological polar surface area (TPSA) is 52.1 Å². The van der Waals surface area contributed by atoms with Gasteiger partial charge in [-0.25, -0.2) is 9.97 Å². The van der Waals surface area contributed by atoms with Crippen molar-refractivity contribution in [1.29, 1.82) is 0 Å². The minimum absolute atomic E-state index is 0.587. The van der Waals surface area contributed by atoms with Crippen LogP contribution in [-0.4, -0.2) is 9.97 Å². The molecule has 0 saturated carbocycles. The first-order valence-electron chi connectivity index (χ1n) is 21.8. The van der Waals surface area contributed by atoms with E-state index in [1.807, 2.05) is 72.8 Å². The molecule has 0 fully saturated rings. The third-order valence-corrected chi connectivity index (χ3v) is 17.5. The lowest BCUT2D eigenvalue weighted by molar-refractivity contribution is 0.436. The Morgan fingerprint density at radius 3 is 1.62 bits per heavy atom. The Balaban J connectivity index is 0.956. The van der Waals surface area contributed by atoms with E-state index in [1.54, 1.807) is 11.3 Å². The summed E-state index contributed by atoms with van der Waals surface area (Å²) in [6.45, 7) is 0. The van der Waals surface area contributed by atoms with Gasteiger partial charge in [-0.2, -0.15) is 0 Å². The maximum absolute atomic E-state index is 15.0. The molecule has 0 unspecified atom stereocenters. The van der Waals surface area contributed by atoms with E-state index in [0.29, 0.717) is 5.82 Å². The van der Waals surface area contributed by atoms with Crippen LogP contribution in [0.2, 0.25) is 0 Å². The molecule has 0 amide bonds. The summed E-state index contributed by atoms with van der Waals surface area (Å²) in [6, 6.07) is 77.5. The highest BCUT2D eigenvalue weighted by Gasteiger charge is 2.51. The number of nitrogens with zero attached hydrogens (tertiary/aromatic N) is 2. The molecule has 3 heterocycles. The first kappa shape index (κ1) is 37.8. The van der Waals surface area contributed by atoms with Crippen molar-refractivity contribution in [2.45, 2.75) is 5.41 Å². The minimum atomic E-state index is -3.08. The van der Waals surface area contributed by atoms with E-state index in [9.17, 15) is 0 Å². The Hall–Kier alpha value is -7.69. The quantitative estimate of drug-likeness (QED) is 0.156. The molecule has 0 saturated heterocycles. The van der Waals surface area contributed by atoms with Gasteiger partial charge in [0.05, 0.1) is 21.3 Å². The Labute approximate surface area is 380 Å². The molecular formula is C59H37N2O2PS. The first-order valence-corrected chi connectivity index (χ1v) is 24.4. The number of hydrogen-bond donors (Lipinski definition) is 0. The summed E-state index contributed by atoms with van der Waals surface area (Å²) in [6.07, 6.45) is 0. The van der Waals surface area contributed by atoms with Crippen LogP contribution in [0.3, 0.4) is 0 Å². The molecule has 9 aromatic carbocycles. The van der Waals surface area contributed by atoms with Crippen LogP contribution >= 0.6 is 18.5 Å². The molecule has 1 aliphatic heterocycles. The Morgan fingerprint density at radius 2 is 0.938 bits per heavy atom. The van der Waals surface area contributed by atoms with Gasteiger partial charge in [-0.3, -0.25) is 0 Å². The fraction of sp³-hybridized carbons (Fsp3) is 0.0169. The molecule has 0 bridgehead atoms. The van der Waals surface area contributed by atoms with Crippen molar-refractivity contribution in [3.63, 3.8) is 0 Å². The average Bonchev–Trinajstić information content (AvgIpc) is 3.91. The van der Waals surface area contributed by atoms with Gasteiger partial charge in [-0.05, 0) is 51.6 Å². The predicted molar refractivity (Wildman–Crippen MR) is 268 cm³/mol. The predicted octanol–water partition coefficient (Wildman–Crippen LogP) is 14.0. The minimum Gasteiger partial charge on any atom is -0.457 e. The summed E-state index contributed by atoms with van der Waals surface area (Å²) in [4.78, 5) is 10.9. The molecule has 1 spiro atoms. The van der Waals surface area contributed by atoms with Crippen LogP contribution in [0.15, 0.2) is 224 Å². The molecule has 0 radical (unpaired) electrons. The molecule has 13 rings (SSSR count). The van der Waals surface area contributed by atoms with Crippen LogP contribution in [0.1, 0.15) is 22.3 Å². The van der Waals surface area contributed by atoms with E-state index >= 15 is 4.57 Å². The normalized spacial score (nSPS) is 13.2. The molecule has 65 heavy (non-hydrogen) atoms. The Bertz CT molecular complexity index is 3630. The van der Waals surface area contributed by atoms with Crippen molar-refractivity contribution >= 4 is 54.7 Å². The number of thiophene rings is 1. The van der Waals surface area contributed by atoms with Crippen molar-refractivity contribution in [1.82, 2.24) is 9.97 Å². The van der Waals surface area contributed by atoms with Gasteiger partial charge in [0.25, 0.3) is 0 Å². The second-order valence-electron chi connectivity index (χ2n) is 16.7. The number of rotatable bonds is 6. The van der Waals surface area contributed by atoms with Crippen molar-refractivity contribution in [3.8, 4) is 56.4 Å². The molecule has 0 N–H and O–H groups in total. The fourth-order valence-electron chi connectivity index (χ4n) is 10.4. The maximum atomic E-state index is 15.0. The van der Waals surface area contributed by atoms with Crippen LogP contribution in [0.5, 0.6) is 11.5 Å². The molecule has 2 aliphatic rings. The van der Waals surface area contributed by atoms with E-state index in [0.717, 1.165) is 82.1 Å². The third kappa shape index (κ3) is 5.59. The van der Waals surface area contributed by atoms with Gasteiger partial charge in [0.2, 0.25) is 0 Å².